The lowest BCUT2D eigenvalue weighted by atomic mass is 9.89. The van der Waals surface area contributed by atoms with Crippen LogP contribution in [0.2, 0.25) is 0 Å². The average Bonchev–Trinajstić information content (AvgIpc) is 3.18. The molecule has 12 heteroatoms. The van der Waals surface area contributed by atoms with Crippen molar-refractivity contribution in [3.63, 3.8) is 0 Å². The van der Waals surface area contributed by atoms with Gasteiger partial charge in [0.15, 0.2) is 0 Å². The Morgan fingerprint density at radius 3 is 2.27 bits per heavy atom. The summed E-state index contributed by atoms with van der Waals surface area (Å²) in [5.41, 5.74) is 2.37. The summed E-state index contributed by atoms with van der Waals surface area (Å²) >= 11 is 1.82. The van der Waals surface area contributed by atoms with Gasteiger partial charge in [0.25, 0.3) is 5.91 Å². The molecule has 10 nitrogen and oxygen atoms in total. The summed E-state index contributed by atoms with van der Waals surface area (Å²) < 4.78 is 24.8. The number of benzene rings is 1. The van der Waals surface area contributed by atoms with Crippen molar-refractivity contribution in [1.82, 2.24) is 10.2 Å². The number of rotatable bonds is 6. The molecule has 0 fully saturated rings. The molecule has 0 saturated carbocycles. The monoisotopic (exact) mass is 497 g/mol. The predicted molar refractivity (Wildman–Crippen MR) is 125 cm³/mol. The van der Waals surface area contributed by atoms with Gasteiger partial charge in [0, 0.05) is 41.2 Å². The lowest BCUT2D eigenvalue weighted by Crippen LogP contribution is -2.41. The summed E-state index contributed by atoms with van der Waals surface area (Å²) in [7, 11) is -1.18. The molecule has 180 valence electrons. The van der Waals surface area contributed by atoms with E-state index in [0.29, 0.717) is 29.8 Å². The van der Waals surface area contributed by atoms with Gasteiger partial charge < -0.3 is 15.5 Å². The van der Waals surface area contributed by atoms with Crippen LogP contribution in [0, 0.1) is 0 Å². The quantitative estimate of drug-likeness (QED) is 0.442. The first-order valence-corrected chi connectivity index (χ1v) is 12.7. The van der Waals surface area contributed by atoms with E-state index in [1.807, 2.05) is 11.3 Å². The molecule has 0 bridgehead atoms. The highest BCUT2D eigenvalue weighted by atomic mass is 32.2. The van der Waals surface area contributed by atoms with E-state index < -0.39 is 22.0 Å². The molecule has 0 saturated heterocycles. The van der Waals surface area contributed by atoms with Gasteiger partial charge in [-0.2, -0.15) is 0 Å². The van der Waals surface area contributed by atoms with Crippen molar-refractivity contribution in [2.75, 3.05) is 24.6 Å². The summed E-state index contributed by atoms with van der Waals surface area (Å²) in [6.07, 6.45) is 1.98. The maximum Gasteiger partial charge on any atom is 0.414 e. The number of carboxylic acid groups (broad SMARTS) is 2. The fraction of sp³-hybridized carbons (Fsp3) is 0.381. The molecule has 33 heavy (non-hydrogen) atoms. The molecule has 2 atom stereocenters. The molecule has 1 aliphatic heterocycles. The molecule has 1 aliphatic rings. The van der Waals surface area contributed by atoms with Gasteiger partial charge in [0.2, 0.25) is 10.0 Å². The van der Waals surface area contributed by atoms with Crippen LogP contribution in [0.4, 0.5) is 5.69 Å². The molecular formula is C21H27N3O7S2. The third-order valence-electron chi connectivity index (χ3n) is 5.12. The average molecular weight is 498 g/mol. The number of nitrogens with zero attached hydrogens (tertiary/aromatic N) is 1. The molecule has 3 rings (SSSR count). The van der Waals surface area contributed by atoms with Gasteiger partial charge in [-0.15, -0.1) is 11.3 Å². The third-order valence-corrected chi connectivity index (χ3v) is 6.88. The molecule has 0 unspecified atom stereocenters. The second-order valence-electron chi connectivity index (χ2n) is 7.69. The first-order valence-electron chi connectivity index (χ1n) is 9.97. The minimum atomic E-state index is -3.32. The Kier molecular flexibility index (Phi) is 8.97. The zero-order chi connectivity index (χ0) is 24.8. The molecule has 2 aromatic rings. The fourth-order valence-electron chi connectivity index (χ4n) is 3.63. The van der Waals surface area contributed by atoms with Crippen molar-refractivity contribution in [3.8, 4) is 0 Å². The molecule has 2 heterocycles. The summed E-state index contributed by atoms with van der Waals surface area (Å²) in [6.45, 7) is 3.81. The summed E-state index contributed by atoms with van der Waals surface area (Å²) in [6, 6.07) is 9.02. The van der Waals surface area contributed by atoms with Crippen molar-refractivity contribution in [1.29, 1.82) is 0 Å². The van der Waals surface area contributed by atoms with Crippen molar-refractivity contribution >= 4 is 44.9 Å². The number of likely N-dealkylation sites (N-methyl/N-ethyl adjacent to an activating group) is 1. The molecule has 1 aromatic carbocycles. The fourth-order valence-corrected chi connectivity index (χ4v) is 5.23. The van der Waals surface area contributed by atoms with E-state index in [9.17, 15) is 13.2 Å². The first kappa shape index (κ1) is 26.3. The maximum absolute atomic E-state index is 12.3. The molecule has 1 amide bonds. The molecule has 1 aromatic heterocycles. The van der Waals surface area contributed by atoms with Gasteiger partial charge >= 0.3 is 11.9 Å². The number of hydrogen-bond acceptors (Lipinski definition) is 7. The molecule has 0 radical (unpaired) electrons. The van der Waals surface area contributed by atoms with Crippen LogP contribution in [0.5, 0.6) is 0 Å². The van der Waals surface area contributed by atoms with Crippen LogP contribution >= 0.6 is 11.3 Å². The Labute approximate surface area is 196 Å². The van der Waals surface area contributed by atoms with Crippen LogP contribution in [0.1, 0.15) is 40.1 Å². The first-order chi connectivity index (χ1) is 15.4. The standard InChI is InChI=1S/C19H25N3O3S2.C2H2O4/c1-13-17(22(2)12-15-9-11-26-18(13)15)8-10-20-19(23)14-4-6-16(7-5-14)21-27(3,24)25;3-1(4)2(5)6/h4-7,9,11,13,17,21H,8,10,12H2,1-3H3,(H,20,23);(H,3,4)(H,5,6)/t13-,17+;/m0./s1. The Bertz CT molecular complexity index is 1090. The molecule has 0 aliphatic carbocycles. The number of thiophene rings is 1. The van der Waals surface area contributed by atoms with Crippen LogP contribution in [-0.4, -0.2) is 67.3 Å². The lowest BCUT2D eigenvalue weighted by molar-refractivity contribution is -0.159. The highest BCUT2D eigenvalue weighted by Gasteiger charge is 2.30. The van der Waals surface area contributed by atoms with E-state index in [0.717, 1.165) is 19.2 Å². The van der Waals surface area contributed by atoms with E-state index in [2.05, 4.69) is 40.4 Å². The van der Waals surface area contributed by atoms with Crippen molar-refractivity contribution in [2.45, 2.75) is 31.8 Å². The van der Waals surface area contributed by atoms with Crippen LogP contribution in [0.15, 0.2) is 35.7 Å². The van der Waals surface area contributed by atoms with Crippen LogP contribution in [0.25, 0.3) is 0 Å². The van der Waals surface area contributed by atoms with Crippen LogP contribution < -0.4 is 10.0 Å². The Balaban J connectivity index is 0.000000569. The Hall–Kier alpha value is -2.96. The van der Waals surface area contributed by atoms with Crippen LogP contribution in [0.3, 0.4) is 0 Å². The molecule has 0 spiro atoms. The normalized spacial score (nSPS) is 17.8. The number of amides is 1. The highest BCUT2D eigenvalue weighted by Crippen LogP contribution is 2.37. The number of fused-ring (bicyclic) bond motifs is 1. The predicted octanol–water partition coefficient (Wildman–Crippen LogP) is 2.01. The number of carbonyl (C=O) groups excluding carboxylic acids is 1. The second-order valence-corrected chi connectivity index (χ2v) is 10.4. The van der Waals surface area contributed by atoms with E-state index in [1.165, 1.54) is 10.4 Å². The highest BCUT2D eigenvalue weighted by molar-refractivity contribution is 7.92. The number of carbonyl (C=O) groups is 3. The van der Waals surface area contributed by atoms with Gasteiger partial charge in [-0.25, -0.2) is 18.0 Å². The number of hydrogen-bond donors (Lipinski definition) is 4. The molecular weight excluding hydrogens is 470 g/mol. The van der Waals surface area contributed by atoms with Gasteiger partial charge in [0.1, 0.15) is 0 Å². The number of anilines is 1. The van der Waals surface area contributed by atoms with Gasteiger partial charge in [-0.1, -0.05) is 6.92 Å². The van der Waals surface area contributed by atoms with Crippen molar-refractivity contribution in [3.05, 3.63) is 51.7 Å². The van der Waals surface area contributed by atoms with Gasteiger partial charge in [-0.05, 0) is 54.7 Å². The van der Waals surface area contributed by atoms with E-state index in [-0.39, 0.29) is 5.91 Å². The van der Waals surface area contributed by atoms with Crippen molar-refractivity contribution in [2.24, 2.45) is 0 Å². The zero-order valence-electron chi connectivity index (χ0n) is 18.4. The maximum atomic E-state index is 12.3. The Morgan fingerprint density at radius 1 is 1.12 bits per heavy atom. The smallest absolute Gasteiger partial charge is 0.414 e. The summed E-state index contributed by atoms with van der Waals surface area (Å²) in [5.74, 6) is -3.34. The second kappa shape index (κ2) is 11.3. The summed E-state index contributed by atoms with van der Waals surface area (Å²) in [4.78, 5) is 34.4. The van der Waals surface area contributed by atoms with Crippen LogP contribution in [-0.2, 0) is 26.2 Å². The minimum Gasteiger partial charge on any atom is -0.473 e. The number of sulfonamides is 1. The third kappa shape index (κ3) is 7.84. The Morgan fingerprint density at radius 2 is 1.73 bits per heavy atom. The largest absolute Gasteiger partial charge is 0.473 e. The van der Waals surface area contributed by atoms with Gasteiger partial charge in [0.05, 0.1) is 6.26 Å². The molecule has 4 N–H and O–H groups in total. The zero-order valence-corrected chi connectivity index (χ0v) is 20.1. The van der Waals surface area contributed by atoms with E-state index >= 15 is 0 Å². The van der Waals surface area contributed by atoms with Gasteiger partial charge in [-0.3, -0.25) is 14.4 Å². The van der Waals surface area contributed by atoms with Crippen molar-refractivity contribution < 1.29 is 33.0 Å². The summed E-state index contributed by atoms with van der Waals surface area (Å²) in [5, 5.41) is 19.9. The van der Waals surface area contributed by atoms with E-state index in [1.54, 1.807) is 24.3 Å². The number of nitrogens with one attached hydrogen (secondary N) is 2. The minimum absolute atomic E-state index is 0.149. The number of aliphatic carboxylic acids is 2. The van der Waals surface area contributed by atoms with E-state index in [4.69, 9.17) is 19.8 Å². The number of carboxylic acids is 2. The SMILES string of the molecule is C[C@@H]1c2sccc2CN(C)[C@@H]1CCNC(=O)c1ccc(NS(C)(=O)=O)cc1.O=C(O)C(=O)O. The lowest BCUT2D eigenvalue weighted by Gasteiger charge is -2.37. The topological polar surface area (TPSA) is 153 Å².